The monoisotopic (exact) mass is 236 g/mol. The van der Waals surface area contributed by atoms with E-state index in [2.05, 4.69) is 17.1 Å². The zero-order valence-corrected chi connectivity index (χ0v) is 11.3. The average molecular weight is 236 g/mol. The van der Waals surface area contributed by atoms with Crippen molar-refractivity contribution in [2.75, 3.05) is 13.1 Å². The van der Waals surface area contributed by atoms with Crippen LogP contribution in [0.15, 0.2) is 0 Å². The number of hydrogen-bond donors (Lipinski definition) is 1. The molecule has 2 nitrogen and oxygen atoms in total. The Morgan fingerprint density at radius 3 is 2.59 bits per heavy atom. The molecule has 3 aliphatic rings. The maximum Gasteiger partial charge on any atom is 0.0139 e. The highest BCUT2D eigenvalue weighted by Crippen LogP contribution is 2.36. The smallest absolute Gasteiger partial charge is 0.0139 e. The number of rotatable bonds is 5. The van der Waals surface area contributed by atoms with Crippen molar-refractivity contribution in [1.29, 1.82) is 0 Å². The molecular weight excluding hydrogens is 208 g/mol. The molecule has 0 aromatic rings. The molecule has 0 bridgehead atoms. The number of nitrogens with one attached hydrogen (secondary N) is 1. The summed E-state index contributed by atoms with van der Waals surface area (Å²) < 4.78 is 0. The Morgan fingerprint density at radius 2 is 1.94 bits per heavy atom. The van der Waals surface area contributed by atoms with E-state index in [1.165, 1.54) is 64.5 Å². The largest absolute Gasteiger partial charge is 0.314 e. The van der Waals surface area contributed by atoms with Crippen molar-refractivity contribution in [1.82, 2.24) is 10.2 Å². The lowest BCUT2D eigenvalue weighted by molar-refractivity contribution is 0.00606. The van der Waals surface area contributed by atoms with Crippen LogP contribution in [0, 0.1) is 5.92 Å². The fourth-order valence-electron chi connectivity index (χ4n) is 3.73. The van der Waals surface area contributed by atoms with Gasteiger partial charge in [-0.1, -0.05) is 13.3 Å². The maximum absolute atomic E-state index is 3.73. The molecule has 17 heavy (non-hydrogen) atoms. The second kappa shape index (κ2) is 5.27. The highest BCUT2D eigenvalue weighted by molar-refractivity contribution is 4.95. The fourth-order valence-corrected chi connectivity index (χ4v) is 3.73. The minimum atomic E-state index is 0.888. The van der Waals surface area contributed by atoms with Gasteiger partial charge in [-0.15, -0.1) is 0 Å². The van der Waals surface area contributed by atoms with E-state index in [9.17, 15) is 0 Å². The summed E-state index contributed by atoms with van der Waals surface area (Å²) in [5, 5.41) is 3.73. The molecule has 3 rings (SSSR count). The third kappa shape index (κ3) is 2.68. The summed E-state index contributed by atoms with van der Waals surface area (Å²) >= 11 is 0. The van der Waals surface area contributed by atoms with Crippen molar-refractivity contribution in [3.63, 3.8) is 0 Å². The Balaban J connectivity index is 1.51. The molecule has 3 atom stereocenters. The molecule has 2 saturated carbocycles. The van der Waals surface area contributed by atoms with Gasteiger partial charge in [0.2, 0.25) is 0 Å². The average Bonchev–Trinajstić information content (AvgIpc) is 3.13. The fraction of sp³-hybridized carbons (Fsp3) is 1.00. The Bertz CT molecular complexity index is 249. The summed E-state index contributed by atoms with van der Waals surface area (Å²) in [6.07, 6.45) is 11.5. The third-order valence-electron chi connectivity index (χ3n) is 5.19. The van der Waals surface area contributed by atoms with E-state index >= 15 is 0 Å². The first-order chi connectivity index (χ1) is 8.38. The summed E-state index contributed by atoms with van der Waals surface area (Å²) in [7, 11) is 0. The van der Waals surface area contributed by atoms with Crippen LogP contribution in [0.25, 0.3) is 0 Å². The highest BCUT2D eigenvalue weighted by atomic mass is 15.2. The minimum absolute atomic E-state index is 0.888. The number of likely N-dealkylation sites (tertiary alicyclic amines) is 1. The molecule has 0 amide bonds. The van der Waals surface area contributed by atoms with E-state index < -0.39 is 0 Å². The molecule has 2 aliphatic carbocycles. The van der Waals surface area contributed by atoms with Gasteiger partial charge in [-0.05, 0) is 64.0 Å². The van der Waals surface area contributed by atoms with Gasteiger partial charge in [0.15, 0.2) is 0 Å². The first kappa shape index (κ1) is 12.0. The molecule has 3 unspecified atom stereocenters. The summed E-state index contributed by atoms with van der Waals surface area (Å²) in [5.41, 5.74) is 0. The second-order valence-corrected chi connectivity index (χ2v) is 6.38. The SMILES string of the molecule is CCC1CCCCN1C1CCC1CNC1CC1. The topological polar surface area (TPSA) is 15.3 Å². The van der Waals surface area contributed by atoms with Gasteiger partial charge in [-0.25, -0.2) is 0 Å². The summed E-state index contributed by atoms with van der Waals surface area (Å²) in [4.78, 5) is 2.87. The van der Waals surface area contributed by atoms with Gasteiger partial charge in [0.05, 0.1) is 0 Å². The quantitative estimate of drug-likeness (QED) is 0.789. The summed E-state index contributed by atoms with van der Waals surface area (Å²) in [5.74, 6) is 0.961. The molecule has 0 aromatic carbocycles. The lowest BCUT2D eigenvalue weighted by Gasteiger charge is -2.49. The molecular formula is C15H28N2. The molecule has 1 heterocycles. The van der Waals surface area contributed by atoms with E-state index in [-0.39, 0.29) is 0 Å². The molecule has 1 N–H and O–H groups in total. The van der Waals surface area contributed by atoms with Crippen LogP contribution in [0.2, 0.25) is 0 Å². The molecule has 0 spiro atoms. The van der Waals surface area contributed by atoms with Gasteiger partial charge in [-0.2, -0.15) is 0 Å². The van der Waals surface area contributed by atoms with Crippen molar-refractivity contribution in [2.24, 2.45) is 5.92 Å². The lowest BCUT2D eigenvalue weighted by atomic mass is 9.76. The van der Waals surface area contributed by atoms with Gasteiger partial charge in [-0.3, -0.25) is 4.90 Å². The molecule has 1 aliphatic heterocycles. The van der Waals surface area contributed by atoms with Crippen molar-refractivity contribution < 1.29 is 0 Å². The van der Waals surface area contributed by atoms with Crippen LogP contribution >= 0.6 is 0 Å². The number of piperidine rings is 1. The van der Waals surface area contributed by atoms with E-state index in [1.54, 1.807) is 0 Å². The summed E-state index contributed by atoms with van der Waals surface area (Å²) in [6.45, 7) is 5.05. The van der Waals surface area contributed by atoms with Crippen molar-refractivity contribution >= 4 is 0 Å². The number of hydrogen-bond acceptors (Lipinski definition) is 2. The summed E-state index contributed by atoms with van der Waals surface area (Å²) in [6, 6.07) is 2.71. The maximum atomic E-state index is 3.73. The van der Waals surface area contributed by atoms with Crippen LogP contribution in [0.3, 0.4) is 0 Å². The van der Waals surface area contributed by atoms with Gasteiger partial charge in [0, 0.05) is 18.1 Å². The third-order valence-corrected chi connectivity index (χ3v) is 5.19. The Labute approximate surface area is 106 Å². The minimum Gasteiger partial charge on any atom is -0.314 e. The molecule has 0 aromatic heterocycles. The van der Waals surface area contributed by atoms with Crippen LogP contribution in [-0.4, -0.2) is 36.1 Å². The standard InChI is InChI=1S/C15H28N2/c1-2-14-5-3-4-10-17(14)15-9-6-12(15)11-16-13-7-8-13/h12-16H,2-11H2,1H3. The zero-order chi connectivity index (χ0) is 11.7. The molecule has 3 fully saturated rings. The van der Waals surface area contributed by atoms with Crippen LogP contribution in [-0.2, 0) is 0 Å². The highest BCUT2D eigenvalue weighted by Gasteiger charge is 2.39. The Hall–Kier alpha value is -0.0800. The van der Waals surface area contributed by atoms with Crippen LogP contribution < -0.4 is 5.32 Å². The van der Waals surface area contributed by atoms with Gasteiger partial charge in [0.1, 0.15) is 0 Å². The predicted molar refractivity (Wildman–Crippen MR) is 72.2 cm³/mol. The van der Waals surface area contributed by atoms with Crippen LogP contribution in [0.1, 0.15) is 58.3 Å². The van der Waals surface area contributed by atoms with Crippen molar-refractivity contribution in [2.45, 2.75) is 76.4 Å². The van der Waals surface area contributed by atoms with Gasteiger partial charge in [0.25, 0.3) is 0 Å². The van der Waals surface area contributed by atoms with E-state index in [0.717, 1.165) is 24.0 Å². The van der Waals surface area contributed by atoms with Crippen molar-refractivity contribution in [3.8, 4) is 0 Å². The van der Waals surface area contributed by atoms with Crippen LogP contribution in [0.5, 0.6) is 0 Å². The lowest BCUT2D eigenvalue weighted by Crippen LogP contribution is -2.55. The molecule has 2 heteroatoms. The first-order valence-corrected chi connectivity index (χ1v) is 7.87. The number of nitrogens with zero attached hydrogens (tertiary/aromatic N) is 1. The van der Waals surface area contributed by atoms with Crippen molar-refractivity contribution in [3.05, 3.63) is 0 Å². The normalized spacial score (nSPS) is 39.0. The van der Waals surface area contributed by atoms with E-state index in [0.29, 0.717) is 0 Å². The Morgan fingerprint density at radius 1 is 1.06 bits per heavy atom. The zero-order valence-electron chi connectivity index (χ0n) is 11.3. The van der Waals surface area contributed by atoms with E-state index in [1.807, 2.05) is 0 Å². The van der Waals surface area contributed by atoms with Crippen LogP contribution in [0.4, 0.5) is 0 Å². The predicted octanol–water partition coefficient (Wildman–Crippen LogP) is 2.78. The Kier molecular flexibility index (Phi) is 3.72. The van der Waals surface area contributed by atoms with Gasteiger partial charge >= 0.3 is 0 Å². The molecule has 0 radical (unpaired) electrons. The van der Waals surface area contributed by atoms with Gasteiger partial charge < -0.3 is 5.32 Å². The second-order valence-electron chi connectivity index (χ2n) is 6.38. The van der Waals surface area contributed by atoms with E-state index in [4.69, 9.17) is 0 Å². The molecule has 1 saturated heterocycles. The molecule has 98 valence electrons. The first-order valence-electron chi connectivity index (χ1n) is 7.87.